The number of nitrogens with zero attached hydrogens (tertiary/aromatic N) is 3. The molecule has 3 rings (SSSR count). The van der Waals surface area contributed by atoms with E-state index in [2.05, 4.69) is 20.7 Å². The van der Waals surface area contributed by atoms with E-state index in [9.17, 15) is 0 Å². The molecule has 8 heteroatoms. The van der Waals surface area contributed by atoms with Crippen molar-refractivity contribution in [2.24, 2.45) is 0 Å². The molecule has 0 bridgehead atoms. The molecule has 106 valence electrons. The number of halogens is 2. The number of hydrogen-bond donors (Lipinski definition) is 2. The van der Waals surface area contributed by atoms with Gasteiger partial charge in [0.2, 0.25) is 0 Å². The Kier molecular flexibility index (Phi) is 3.92. The molecule has 0 spiro atoms. The van der Waals surface area contributed by atoms with Crippen LogP contribution in [0.2, 0.25) is 10.0 Å². The van der Waals surface area contributed by atoms with Gasteiger partial charge in [-0.1, -0.05) is 23.2 Å². The van der Waals surface area contributed by atoms with Crippen molar-refractivity contribution in [1.82, 2.24) is 14.6 Å². The molecule has 0 amide bonds. The van der Waals surface area contributed by atoms with Crippen LogP contribution < -0.4 is 10.7 Å². The van der Waals surface area contributed by atoms with E-state index >= 15 is 0 Å². The molecule has 2 aromatic heterocycles. The van der Waals surface area contributed by atoms with Gasteiger partial charge in [0.05, 0.1) is 10.7 Å². The lowest BCUT2D eigenvalue weighted by molar-refractivity contribution is 0.992. The number of aromatic nitrogens is 3. The standard InChI is InChI=1S/C13H9Cl2N5S/c14-8-3-4-10(9(15)6-8)18-13(21)19-20-7-17-11-2-1-5-16-12(11)20/h1-7H,(H2,18,19,21). The molecule has 0 aliphatic rings. The molecule has 21 heavy (non-hydrogen) atoms. The van der Waals surface area contributed by atoms with Crippen LogP contribution in [0.15, 0.2) is 42.9 Å². The molecule has 0 radical (unpaired) electrons. The minimum Gasteiger partial charge on any atom is -0.330 e. The zero-order valence-corrected chi connectivity index (χ0v) is 12.9. The number of fused-ring (bicyclic) bond motifs is 1. The summed E-state index contributed by atoms with van der Waals surface area (Å²) in [6, 6.07) is 8.81. The summed E-state index contributed by atoms with van der Waals surface area (Å²) in [6.45, 7) is 0. The highest BCUT2D eigenvalue weighted by Crippen LogP contribution is 2.25. The third kappa shape index (κ3) is 3.07. The van der Waals surface area contributed by atoms with E-state index in [1.807, 2.05) is 12.1 Å². The van der Waals surface area contributed by atoms with Gasteiger partial charge in [-0.25, -0.2) is 14.6 Å². The van der Waals surface area contributed by atoms with Crippen LogP contribution >= 0.6 is 35.4 Å². The monoisotopic (exact) mass is 337 g/mol. The number of benzene rings is 1. The molecule has 0 aliphatic carbocycles. The van der Waals surface area contributed by atoms with Crippen molar-refractivity contribution >= 4 is 57.4 Å². The van der Waals surface area contributed by atoms with Crippen molar-refractivity contribution in [3.05, 3.63) is 52.9 Å². The van der Waals surface area contributed by atoms with Gasteiger partial charge >= 0.3 is 0 Å². The van der Waals surface area contributed by atoms with Crippen molar-refractivity contribution in [2.45, 2.75) is 0 Å². The van der Waals surface area contributed by atoms with E-state index in [0.29, 0.717) is 26.5 Å². The first-order valence-corrected chi connectivity index (χ1v) is 7.11. The summed E-state index contributed by atoms with van der Waals surface area (Å²) in [5.41, 5.74) is 5.10. The molecule has 1 aromatic carbocycles. The third-order valence-electron chi connectivity index (χ3n) is 2.71. The van der Waals surface area contributed by atoms with Crippen molar-refractivity contribution in [3.63, 3.8) is 0 Å². The Labute approximate surface area is 135 Å². The largest absolute Gasteiger partial charge is 0.330 e. The number of imidazole rings is 1. The number of nitrogens with one attached hydrogen (secondary N) is 2. The first-order chi connectivity index (χ1) is 10.1. The Balaban J connectivity index is 1.77. The Hall–Kier alpha value is -1.89. The second kappa shape index (κ2) is 5.85. The molecule has 2 N–H and O–H groups in total. The summed E-state index contributed by atoms with van der Waals surface area (Å²) >= 11 is 17.2. The molecule has 0 fully saturated rings. The minimum atomic E-state index is 0.365. The molecule has 2 heterocycles. The lowest BCUT2D eigenvalue weighted by atomic mass is 10.3. The van der Waals surface area contributed by atoms with Gasteiger partial charge in [-0.2, -0.15) is 0 Å². The molecule has 0 aliphatic heterocycles. The Bertz CT molecular complexity index is 817. The highest BCUT2D eigenvalue weighted by molar-refractivity contribution is 7.80. The fraction of sp³-hybridized carbons (Fsp3) is 0. The first-order valence-electron chi connectivity index (χ1n) is 5.94. The van der Waals surface area contributed by atoms with Crippen LogP contribution in [0.25, 0.3) is 11.2 Å². The number of rotatable bonds is 2. The Morgan fingerprint density at radius 3 is 2.86 bits per heavy atom. The lowest BCUT2D eigenvalue weighted by Gasteiger charge is -2.12. The zero-order valence-electron chi connectivity index (χ0n) is 10.5. The summed E-state index contributed by atoms with van der Waals surface area (Å²) in [5, 5.41) is 4.41. The predicted molar refractivity (Wildman–Crippen MR) is 89.6 cm³/mol. The molecule has 0 saturated heterocycles. The van der Waals surface area contributed by atoms with Crippen molar-refractivity contribution in [2.75, 3.05) is 10.7 Å². The number of hydrogen-bond acceptors (Lipinski definition) is 3. The second-order valence-corrected chi connectivity index (χ2v) is 5.40. The van der Waals surface area contributed by atoms with E-state index < -0.39 is 0 Å². The van der Waals surface area contributed by atoms with E-state index in [-0.39, 0.29) is 0 Å². The van der Waals surface area contributed by atoms with Gasteiger partial charge in [0.1, 0.15) is 11.8 Å². The smallest absolute Gasteiger partial charge is 0.190 e. The van der Waals surface area contributed by atoms with Crippen molar-refractivity contribution < 1.29 is 0 Å². The van der Waals surface area contributed by atoms with Gasteiger partial charge in [-0.3, -0.25) is 5.43 Å². The van der Waals surface area contributed by atoms with E-state index in [1.165, 1.54) is 0 Å². The molecular weight excluding hydrogens is 329 g/mol. The SMILES string of the molecule is S=C(Nc1ccc(Cl)cc1Cl)Nn1cnc2cccnc21. The number of anilines is 1. The summed E-state index contributed by atoms with van der Waals surface area (Å²) in [7, 11) is 0. The second-order valence-electron chi connectivity index (χ2n) is 4.15. The van der Waals surface area contributed by atoms with Crippen LogP contribution in [0.5, 0.6) is 0 Å². The topological polar surface area (TPSA) is 54.8 Å². The number of pyridine rings is 1. The Morgan fingerprint density at radius 1 is 1.19 bits per heavy atom. The average molecular weight is 338 g/mol. The van der Waals surface area contributed by atoms with Crippen LogP contribution in [0.1, 0.15) is 0 Å². The highest BCUT2D eigenvalue weighted by Gasteiger charge is 2.06. The van der Waals surface area contributed by atoms with Gasteiger partial charge in [-0.15, -0.1) is 0 Å². The van der Waals surface area contributed by atoms with Crippen LogP contribution in [-0.4, -0.2) is 19.8 Å². The van der Waals surface area contributed by atoms with Crippen LogP contribution in [0.4, 0.5) is 5.69 Å². The normalized spacial score (nSPS) is 10.6. The third-order valence-corrected chi connectivity index (χ3v) is 3.45. The van der Waals surface area contributed by atoms with Gasteiger partial charge in [0, 0.05) is 11.2 Å². The summed E-state index contributed by atoms with van der Waals surface area (Å²) in [5.74, 6) is 0. The maximum Gasteiger partial charge on any atom is 0.190 e. The van der Waals surface area contributed by atoms with Gasteiger partial charge < -0.3 is 5.32 Å². The molecule has 0 unspecified atom stereocenters. The van der Waals surface area contributed by atoms with Crippen LogP contribution in [0, 0.1) is 0 Å². The average Bonchev–Trinajstić information content (AvgIpc) is 2.85. The molecular formula is C13H9Cl2N5S. The molecule has 0 atom stereocenters. The fourth-order valence-electron chi connectivity index (χ4n) is 1.78. The van der Waals surface area contributed by atoms with Crippen LogP contribution in [-0.2, 0) is 0 Å². The molecule has 0 saturated carbocycles. The van der Waals surface area contributed by atoms with E-state index in [1.54, 1.807) is 35.4 Å². The maximum absolute atomic E-state index is 6.08. The summed E-state index contributed by atoms with van der Waals surface area (Å²) in [4.78, 5) is 8.45. The predicted octanol–water partition coefficient (Wildman–Crippen LogP) is 3.68. The lowest BCUT2D eigenvalue weighted by Crippen LogP contribution is -2.27. The summed E-state index contributed by atoms with van der Waals surface area (Å²) in [6.07, 6.45) is 3.30. The van der Waals surface area contributed by atoms with E-state index in [4.69, 9.17) is 35.4 Å². The van der Waals surface area contributed by atoms with Gasteiger partial charge in [0.25, 0.3) is 0 Å². The van der Waals surface area contributed by atoms with Gasteiger partial charge in [-0.05, 0) is 42.5 Å². The maximum atomic E-state index is 6.08. The molecule has 3 aromatic rings. The van der Waals surface area contributed by atoms with E-state index in [0.717, 1.165) is 5.52 Å². The zero-order chi connectivity index (χ0) is 14.8. The molecule has 5 nitrogen and oxygen atoms in total. The summed E-state index contributed by atoms with van der Waals surface area (Å²) < 4.78 is 1.63. The highest BCUT2D eigenvalue weighted by atomic mass is 35.5. The Morgan fingerprint density at radius 2 is 2.05 bits per heavy atom. The van der Waals surface area contributed by atoms with Crippen molar-refractivity contribution in [3.8, 4) is 0 Å². The fourth-order valence-corrected chi connectivity index (χ4v) is 2.45. The quantitative estimate of drug-likeness (QED) is 0.698. The van der Waals surface area contributed by atoms with Gasteiger partial charge in [0.15, 0.2) is 10.8 Å². The number of thiocarbonyl (C=S) groups is 1. The van der Waals surface area contributed by atoms with Crippen molar-refractivity contribution in [1.29, 1.82) is 0 Å². The first kappa shape index (κ1) is 14.1. The minimum absolute atomic E-state index is 0.365. The van der Waals surface area contributed by atoms with Crippen LogP contribution in [0.3, 0.4) is 0 Å².